The zero-order valence-corrected chi connectivity index (χ0v) is 11.8. The fourth-order valence-corrected chi connectivity index (χ4v) is 1.88. The molecular weight excluding hydrogens is 250 g/mol. The van der Waals surface area contributed by atoms with Crippen LogP contribution in [0.15, 0.2) is 36.5 Å². The molecule has 1 aromatic heterocycles. The monoisotopic (exact) mass is 269 g/mol. The van der Waals surface area contributed by atoms with Crippen LogP contribution in [0, 0.1) is 19.3 Å². The molecule has 0 saturated heterocycles. The molecule has 5 heteroatoms. The highest BCUT2D eigenvalue weighted by atomic mass is 15.2. The van der Waals surface area contributed by atoms with E-state index in [1.165, 1.54) is 0 Å². The molecule has 2 rings (SSSR count). The smallest absolute Gasteiger partial charge is 0.151 e. The molecule has 0 unspecified atom stereocenters. The van der Waals surface area contributed by atoms with Gasteiger partial charge in [-0.2, -0.15) is 0 Å². The fraction of sp³-hybridized carbons (Fsp3) is 0.267. The van der Waals surface area contributed by atoms with Gasteiger partial charge in [-0.3, -0.25) is 10.4 Å². The van der Waals surface area contributed by atoms with E-state index in [4.69, 9.17) is 11.1 Å². The van der Waals surface area contributed by atoms with Crippen molar-refractivity contribution in [1.29, 1.82) is 5.41 Å². The van der Waals surface area contributed by atoms with Crippen molar-refractivity contribution < 1.29 is 0 Å². The molecule has 0 aliphatic rings. The van der Waals surface area contributed by atoms with E-state index < -0.39 is 0 Å². The molecule has 1 aromatic carbocycles. The van der Waals surface area contributed by atoms with Crippen LogP contribution in [0.4, 0.5) is 11.5 Å². The van der Waals surface area contributed by atoms with Gasteiger partial charge in [0.1, 0.15) is 0 Å². The summed E-state index contributed by atoms with van der Waals surface area (Å²) >= 11 is 0. The van der Waals surface area contributed by atoms with Gasteiger partial charge in [0, 0.05) is 18.7 Å². The molecule has 0 saturated carbocycles. The first-order chi connectivity index (χ1) is 9.58. The Balaban J connectivity index is 2.35. The maximum absolute atomic E-state index is 7.40. The summed E-state index contributed by atoms with van der Waals surface area (Å²) in [6, 6.07) is 9.95. The zero-order valence-electron chi connectivity index (χ0n) is 11.8. The highest BCUT2D eigenvalue weighted by Gasteiger charge is 2.12. The van der Waals surface area contributed by atoms with Crippen LogP contribution < -0.4 is 10.6 Å². The number of rotatable bonds is 5. The van der Waals surface area contributed by atoms with E-state index in [0.29, 0.717) is 13.0 Å². The molecule has 0 aliphatic carbocycles. The quantitative estimate of drug-likeness (QED) is 0.646. The zero-order chi connectivity index (χ0) is 14.5. The molecule has 104 valence electrons. The first kappa shape index (κ1) is 14.0. The van der Waals surface area contributed by atoms with Crippen LogP contribution >= 0.6 is 0 Å². The molecule has 2 aromatic rings. The van der Waals surface area contributed by atoms with Crippen molar-refractivity contribution in [3.05, 3.63) is 47.9 Å². The number of anilines is 2. The van der Waals surface area contributed by atoms with E-state index in [2.05, 4.69) is 9.97 Å². The molecule has 0 aliphatic heterocycles. The number of amidine groups is 1. The van der Waals surface area contributed by atoms with Gasteiger partial charge in [-0.15, -0.1) is 0 Å². The SMILES string of the molecule is Cc1ncc(N(CCC(=N)N)c2ccccc2)nc1C. The molecule has 0 fully saturated rings. The van der Waals surface area contributed by atoms with Crippen LogP contribution in [0.2, 0.25) is 0 Å². The maximum Gasteiger partial charge on any atom is 0.151 e. The maximum atomic E-state index is 7.40. The molecule has 0 atom stereocenters. The Morgan fingerprint density at radius 2 is 1.90 bits per heavy atom. The number of benzene rings is 1. The van der Waals surface area contributed by atoms with Gasteiger partial charge in [-0.25, -0.2) is 4.98 Å². The van der Waals surface area contributed by atoms with Crippen LogP contribution in [0.25, 0.3) is 0 Å². The summed E-state index contributed by atoms with van der Waals surface area (Å²) in [4.78, 5) is 11.0. The molecule has 0 amide bonds. The van der Waals surface area contributed by atoms with Crippen LogP contribution in [-0.4, -0.2) is 22.3 Å². The normalized spacial score (nSPS) is 10.3. The number of aromatic nitrogens is 2. The number of nitrogens with one attached hydrogen (secondary N) is 1. The average Bonchev–Trinajstić information content (AvgIpc) is 2.44. The minimum Gasteiger partial charge on any atom is -0.388 e. The van der Waals surface area contributed by atoms with Crippen LogP contribution in [0.3, 0.4) is 0 Å². The minimum atomic E-state index is 0.169. The van der Waals surface area contributed by atoms with E-state index in [-0.39, 0.29) is 5.84 Å². The predicted octanol–water partition coefficient (Wildman–Crippen LogP) is 2.56. The van der Waals surface area contributed by atoms with Gasteiger partial charge in [0.05, 0.1) is 23.4 Å². The summed E-state index contributed by atoms with van der Waals surface area (Å²) in [6.45, 7) is 4.49. The van der Waals surface area contributed by atoms with Gasteiger partial charge >= 0.3 is 0 Å². The molecule has 0 bridgehead atoms. The Labute approximate surface area is 119 Å². The second-order valence-corrected chi connectivity index (χ2v) is 4.66. The van der Waals surface area contributed by atoms with Crippen LogP contribution in [0.5, 0.6) is 0 Å². The van der Waals surface area contributed by atoms with Gasteiger partial charge in [-0.05, 0) is 26.0 Å². The van der Waals surface area contributed by atoms with E-state index in [1.54, 1.807) is 6.20 Å². The first-order valence-corrected chi connectivity index (χ1v) is 6.53. The van der Waals surface area contributed by atoms with Crippen LogP contribution in [0.1, 0.15) is 17.8 Å². The lowest BCUT2D eigenvalue weighted by atomic mass is 10.2. The third-order valence-corrected chi connectivity index (χ3v) is 3.13. The molecule has 0 radical (unpaired) electrons. The standard InChI is InChI=1S/C15H19N5/c1-11-12(2)19-15(10-18-11)20(9-8-14(16)17)13-6-4-3-5-7-13/h3-7,10H,8-9H2,1-2H3,(H3,16,17). The van der Waals surface area contributed by atoms with E-state index in [0.717, 1.165) is 22.9 Å². The van der Waals surface area contributed by atoms with Crippen LogP contribution in [-0.2, 0) is 0 Å². The largest absolute Gasteiger partial charge is 0.388 e. The number of hydrogen-bond donors (Lipinski definition) is 2. The molecular formula is C15H19N5. The average molecular weight is 269 g/mol. The fourth-order valence-electron chi connectivity index (χ4n) is 1.88. The highest BCUT2D eigenvalue weighted by Crippen LogP contribution is 2.23. The molecule has 20 heavy (non-hydrogen) atoms. The third kappa shape index (κ3) is 3.32. The van der Waals surface area contributed by atoms with Crippen molar-refractivity contribution in [2.24, 2.45) is 5.73 Å². The Hall–Kier alpha value is -2.43. The molecule has 1 heterocycles. The van der Waals surface area contributed by atoms with E-state index in [9.17, 15) is 0 Å². The van der Waals surface area contributed by atoms with Crippen molar-refractivity contribution in [2.75, 3.05) is 11.4 Å². The number of aryl methyl sites for hydroxylation is 2. The summed E-state index contributed by atoms with van der Waals surface area (Å²) in [7, 11) is 0. The molecule has 3 N–H and O–H groups in total. The van der Waals surface area contributed by atoms with E-state index >= 15 is 0 Å². The van der Waals surface area contributed by atoms with Crippen molar-refractivity contribution in [2.45, 2.75) is 20.3 Å². The lowest BCUT2D eigenvalue weighted by molar-refractivity contribution is 0.908. The molecule has 0 spiro atoms. The highest BCUT2D eigenvalue weighted by molar-refractivity contribution is 5.78. The van der Waals surface area contributed by atoms with Crippen molar-refractivity contribution in [1.82, 2.24) is 9.97 Å². The molecule has 5 nitrogen and oxygen atoms in total. The van der Waals surface area contributed by atoms with E-state index in [1.807, 2.05) is 49.1 Å². The Bertz CT molecular complexity index is 594. The number of nitrogens with two attached hydrogens (primary N) is 1. The summed E-state index contributed by atoms with van der Waals surface area (Å²) < 4.78 is 0. The Kier molecular flexibility index (Phi) is 4.30. The third-order valence-electron chi connectivity index (χ3n) is 3.13. The van der Waals surface area contributed by atoms with Crippen molar-refractivity contribution in [3.8, 4) is 0 Å². The predicted molar refractivity (Wildman–Crippen MR) is 81.5 cm³/mol. The second-order valence-electron chi connectivity index (χ2n) is 4.66. The van der Waals surface area contributed by atoms with Gasteiger partial charge in [-0.1, -0.05) is 18.2 Å². The second kappa shape index (κ2) is 6.14. The van der Waals surface area contributed by atoms with Gasteiger partial charge in [0.15, 0.2) is 5.82 Å². The lowest BCUT2D eigenvalue weighted by Crippen LogP contribution is -2.24. The topological polar surface area (TPSA) is 78.9 Å². The number of hydrogen-bond acceptors (Lipinski definition) is 4. The number of para-hydroxylation sites is 1. The van der Waals surface area contributed by atoms with Crippen molar-refractivity contribution in [3.63, 3.8) is 0 Å². The Morgan fingerprint density at radius 1 is 1.20 bits per heavy atom. The minimum absolute atomic E-state index is 0.169. The summed E-state index contributed by atoms with van der Waals surface area (Å²) in [5.74, 6) is 0.947. The summed E-state index contributed by atoms with van der Waals surface area (Å²) in [5, 5.41) is 7.40. The van der Waals surface area contributed by atoms with Gasteiger partial charge < -0.3 is 10.6 Å². The summed E-state index contributed by atoms with van der Waals surface area (Å²) in [5.41, 5.74) is 8.32. The lowest BCUT2D eigenvalue weighted by Gasteiger charge is -2.23. The number of nitrogens with zero attached hydrogens (tertiary/aromatic N) is 3. The van der Waals surface area contributed by atoms with Gasteiger partial charge in [0.25, 0.3) is 0 Å². The first-order valence-electron chi connectivity index (χ1n) is 6.53. The summed E-state index contributed by atoms with van der Waals surface area (Å²) in [6.07, 6.45) is 2.25. The van der Waals surface area contributed by atoms with Crippen molar-refractivity contribution >= 4 is 17.3 Å². The van der Waals surface area contributed by atoms with Gasteiger partial charge in [0.2, 0.25) is 0 Å². The Morgan fingerprint density at radius 3 is 2.50 bits per heavy atom.